The molecule has 0 bridgehead atoms. The Kier molecular flexibility index (Phi) is 6.25. The Balaban J connectivity index is 2.19. The molecule has 0 radical (unpaired) electrons. The predicted molar refractivity (Wildman–Crippen MR) is 87.0 cm³/mol. The van der Waals surface area contributed by atoms with E-state index in [1.165, 1.54) is 0 Å². The molecule has 0 aliphatic carbocycles. The third kappa shape index (κ3) is 4.78. The Morgan fingerprint density at radius 2 is 1.50 bits per heavy atom. The number of esters is 3. The zero-order valence-electron chi connectivity index (χ0n) is 13.3. The van der Waals surface area contributed by atoms with Crippen molar-refractivity contribution < 1.29 is 23.9 Å². The lowest BCUT2D eigenvalue weighted by molar-refractivity contribution is -0.166. The first-order valence-corrected chi connectivity index (χ1v) is 7.67. The van der Waals surface area contributed by atoms with Crippen LogP contribution in [0.5, 0.6) is 0 Å². The van der Waals surface area contributed by atoms with Crippen LogP contribution in [-0.4, -0.2) is 17.9 Å². The van der Waals surface area contributed by atoms with E-state index < -0.39 is 24.0 Å². The van der Waals surface area contributed by atoms with Crippen LogP contribution in [0.15, 0.2) is 60.7 Å². The molecule has 0 saturated carbocycles. The van der Waals surface area contributed by atoms with Gasteiger partial charge < -0.3 is 9.47 Å². The maximum absolute atomic E-state index is 12.3. The van der Waals surface area contributed by atoms with Crippen LogP contribution in [0.25, 0.3) is 0 Å². The SMILES string of the molecule is CCCC(=O)OC(=O)C(OC(=O)c1ccccc1)c1ccccc1. The molecule has 0 amide bonds. The van der Waals surface area contributed by atoms with Gasteiger partial charge in [0.1, 0.15) is 0 Å². The van der Waals surface area contributed by atoms with Crippen molar-refractivity contribution in [3.8, 4) is 0 Å². The third-order valence-corrected chi connectivity index (χ3v) is 3.22. The number of hydrogen-bond acceptors (Lipinski definition) is 5. The number of benzene rings is 2. The molecule has 0 aromatic heterocycles. The maximum Gasteiger partial charge on any atom is 0.359 e. The number of rotatable bonds is 6. The Bertz CT molecular complexity index is 694. The van der Waals surface area contributed by atoms with Crippen LogP contribution in [0, 0.1) is 0 Å². The summed E-state index contributed by atoms with van der Waals surface area (Å²) in [7, 11) is 0. The van der Waals surface area contributed by atoms with Crippen molar-refractivity contribution in [3.05, 3.63) is 71.8 Å². The van der Waals surface area contributed by atoms with Gasteiger partial charge in [0.2, 0.25) is 6.10 Å². The number of hydrogen-bond donors (Lipinski definition) is 0. The van der Waals surface area contributed by atoms with Gasteiger partial charge in [0, 0.05) is 12.0 Å². The molecule has 5 heteroatoms. The van der Waals surface area contributed by atoms with E-state index in [1.807, 2.05) is 0 Å². The van der Waals surface area contributed by atoms with Crippen molar-refractivity contribution in [2.45, 2.75) is 25.9 Å². The average molecular weight is 326 g/mol. The Morgan fingerprint density at radius 3 is 2.08 bits per heavy atom. The molecule has 0 N–H and O–H groups in total. The fourth-order valence-corrected chi connectivity index (χ4v) is 2.05. The van der Waals surface area contributed by atoms with Gasteiger partial charge in [-0.05, 0) is 18.6 Å². The molecule has 0 spiro atoms. The van der Waals surface area contributed by atoms with Crippen LogP contribution in [0.3, 0.4) is 0 Å². The zero-order chi connectivity index (χ0) is 17.4. The highest BCUT2D eigenvalue weighted by atomic mass is 16.6. The second-order valence-corrected chi connectivity index (χ2v) is 5.11. The van der Waals surface area contributed by atoms with E-state index in [4.69, 9.17) is 9.47 Å². The fourth-order valence-electron chi connectivity index (χ4n) is 2.05. The van der Waals surface area contributed by atoms with Crippen molar-refractivity contribution in [2.75, 3.05) is 0 Å². The third-order valence-electron chi connectivity index (χ3n) is 3.22. The summed E-state index contributed by atoms with van der Waals surface area (Å²) in [6, 6.07) is 16.8. The average Bonchev–Trinajstić information content (AvgIpc) is 2.61. The molecule has 0 aliphatic rings. The molecule has 0 heterocycles. The summed E-state index contributed by atoms with van der Waals surface area (Å²) in [6.07, 6.45) is -0.606. The minimum Gasteiger partial charge on any atom is -0.442 e. The quantitative estimate of drug-likeness (QED) is 0.600. The second kappa shape index (κ2) is 8.62. The molecule has 24 heavy (non-hydrogen) atoms. The molecule has 1 atom stereocenters. The minimum absolute atomic E-state index is 0.125. The van der Waals surface area contributed by atoms with E-state index in [0.717, 1.165) is 0 Å². The van der Waals surface area contributed by atoms with Crippen LogP contribution < -0.4 is 0 Å². The molecule has 0 aliphatic heterocycles. The fraction of sp³-hybridized carbons (Fsp3) is 0.211. The Hall–Kier alpha value is -2.95. The Labute approximate surface area is 140 Å². The summed E-state index contributed by atoms with van der Waals surface area (Å²) in [5.41, 5.74) is 0.752. The summed E-state index contributed by atoms with van der Waals surface area (Å²) in [5.74, 6) is -2.20. The molecule has 0 saturated heterocycles. The molecule has 2 rings (SSSR count). The number of ether oxygens (including phenoxy) is 2. The molecular weight excluding hydrogens is 308 g/mol. The molecule has 2 aromatic carbocycles. The highest BCUT2D eigenvalue weighted by Gasteiger charge is 2.28. The smallest absolute Gasteiger partial charge is 0.359 e. The Morgan fingerprint density at radius 1 is 0.917 bits per heavy atom. The first-order valence-electron chi connectivity index (χ1n) is 7.67. The summed E-state index contributed by atoms with van der Waals surface area (Å²) in [6.45, 7) is 1.80. The normalized spacial score (nSPS) is 11.4. The monoisotopic (exact) mass is 326 g/mol. The van der Waals surface area contributed by atoms with Gasteiger partial charge in [-0.2, -0.15) is 0 Å². The first kappa shape index (κ1) is 17.4. The van der Waals surface area contributed by atoms with E-state index >= 15 is 0 Å². The van der Waals surface area contributed by atoms with Crippen molar-refractivity contribution in [1.29, 1.82) is 0 Å². The first-order chi connectivity index (χ1) is 11.6. The summed E-state index contributed by atoms with van der Waals surface area (Å²) < 4.78 is 10.1. The van der Waals surface area contributed by atoms with Crippen molar-refractivity contribution in [3.63, 3.8) is 0 Å². The summed E-state index contributed by atoms with van der Waals surface area (Å²) in [4.78, 5) is 36.1. The summed E-state index contributed by atoms with van der Waals surface area (Å²) >= 11 is 0. The lowest BCUT2D eigenvalue weighted by Crippen LogP contribution is -2.24. The highest BCUT2D eigenvalue weighted by Crippen LogP contribution is 2.21. The second-order valence-electron chi connectivity index (χ2n) is 5.11. The minimum atomic E-state index is -1.29. The van der Waals surface area contributed by atoms with E-state index in [-0.39, 0.29) is 6.42 Å². The molecular formula is C19H18O5. The number of carbonyl (C=O) groups is 3. The predicted octanol–water partition coefficient (Wildman–Crippen LogP) is 3.45. The van der Waals surface area contributed by atoms with Gasteiger partial charge in [-0.15, -0.1) is 0 Å². The molecule has 1 unspecified atom stereocenters. The van der Waals surface area contributed by atoms with E-state index in [1.54, 1.807) is 67.6 Å². The molecule has 124 valence electrons. The molecule has 0 fully saturated rings. The van der Waals surface area contributed by atoms with Crippen LogP contribution >= 0.6 is 0 Å². The number of carbonyl (C=O) groups excluding carboxylic acids is 3. The van der Waals surface area contributed by atoms with Crippen molar-refractivity contribution in [1.82, 2.24) is 0 Å². The van der Waals surface area contributed by atoms with Crippen LogP contribution in [0.2, 0.25) is 0 Å². The summed E-state index contributed by atoms with van der Waals surface area (Å²) in [5, 5.41) is 0. The van der Waals surface area contributed by atoms with Gasteiger partial charge in [0.15, 0.2) is 0 Å². The zero-order valence-corrected chi connectivity index (χ0v) is 13.3. The van der Waals surface area contributed by atoms with Crippen LogP contribution in [0.4, 0.5) is 0 Å². The van der Waals surface area contributed by atoms with Gasteiger partial charge in [-0.1, -0.05) is 55.5 Å². The molecule has 5 nitrogen and oxygen atoms in total. The van der Waals surface area contributed by atoms with Crippen LogP contribution in [0.1, 0.15) is 41.8 Å². The van der Waals surface area contributed by atoms with E-state index in [2.05, 4.69) is 0 Å². The van der Waals surface area contributed by atoms with Gasteiger partial charge >= 0.3 is 17.9 Å². The van der Waals surface area contributed by atoms with Crippen molar-refractivity contribution >= 4 is 17.9 Å². The highest BCUT2D eigenvalue weighted by molar-refractivity contribution is 5.93. The van der Waals surface area contributed by atoms with E-state index in [0.29, 0.717) is 17.5 Å². The standard InChI is InChI=1S/C19H18O5/c1-2-9-16(20)23-19(22)17(14-10-5-3-6-11-14)24-18(21)15-12-7-4-8-13-15/h3-8,10-13,17H,2,9H2,1H3. The lowest BCUT2D eigenvalue weighted by Gasteiger charge is -2.16. The largest absolute Gasteiger partial charge is 0.442 e. The molecule has 2 aromatic rings. The van der Waals surface area contributed by atoms with Crippen LogP contribution in [-0.2, 0) is 19.1 Å². The van der Waals surface area contributed by atoms with Gasteiger partial charge in [-0.25, -0.2) is 9.59 Å². The van der Waals surface area contributed by atoms with Gasteiger partial charge in [-0.3, -0.25) is 4.79 Å². The van der Waals surface area contributed by atoms with Crippen molar-refractivity contribution in [2.24, 2.45) is 0 Å². The lowest BCUT2D eigenvalue weighted by atomic mass is 10.1. The van der Waals surface area contributed by atoms with Gasteiger partial charge in [0.05, 0.1) is 5.56 Å². The van der Waals surface area contributed by atoms with E-state index in [9.17, 15) is 14.4 Å². The topological polar surface area (TPSA) is 69.7 Å². The van der Waals surface area contributed by atoms with Gasteiger partial charge in [0.25, 0.3) is 0 Å². The maximum atomic E-state index is 12.3.